The van der Waals surface area contributed by atoms with E-state index in [4.69, 9.17) is 23.2 Å². The van der Waals surface area contributed by atoms with Crippen molar-refractivity contribution in [2.75, 3.05) is 6.61 Å². The van der Waals surface area contributed by atoms with E-state index in [1.807, 2.05) is 0 Å². The molecule has 1 aliphatic rings. The van der Waals surface area contributed by atoms with Gasteiger partial charge in [0.25, 0.3) is 0 Å². The molecule has 4 N–H and O–H groups in total. The molecule has 1 unspecified atom stereocenters. The number of rotatable bonds is 4. The number of halogens is 2. The number of benzene rings is 1. The number of carbonyl (C=O) groups is 2. The summed E-state index contributed by atoms with van der Waals surface area (Å²) in [6.45, 7) is 0.907. The van der Waals surface area contributed by atoms with Crippen LogP contribution >= 0.6 is 23.2 Å². The van der Waals surface area contributed by atoms with E-state index in [1.54, 1.807) is 6.07 Å². The summed E-state index contributed by atoms with van der Waals surface area (Å²) >= 11 is 12.1. The Labute approximate surface area is 141 Å². The van der Waals surface area contributed by atoms with Crippen LogP contribution in [0, 0.1) is 0 Å². The van der Waals surface area contributed by atoms with Gasteiger partial charge in [-0.25, -0.2) is 9.59 Å². The first-order chi connectivity index (χ1) is 10.8. The Balaban J connectivity index is 2.81. The Morgan fingerprint density at radius 3 is 2.30 bits per heavy atom. The normalized spacial score (nSPS) is 18.0. The summed E-state index contributed by atoms with van der Waals surface area (Å²) in [6, 6.07) is 4.58. The zero-order valence-electron chi connectivity index (χ0n) is 11.9. The van der Waals surface area contributed by atoms with Crippen LogP contribution in [0.1, 0.15) is 18.4 Å². The van der Waals surface area contributed by atoms with Crippen LogP contribution in [-0.4, -0.2) is 33.9 Å². The number of hydrogen-bond acceptors (Lipinski definition) is 4. The Bertz CT molecular complexity index is 754. The standard InChI is InChI=1S/C15H13Cl2NO5/c1-6-10(14(20)21)11(7-3-2-4-8(16)13(7)17)12(15(22)23)9(5-19)18-6/h2-4,11,18-19H,5H2,1H3,(H,20,21)(H,22,23). The fraction of sp³-hybridized carbons (Fsp3) is 0.200. The van der Waals surface area contributed by atoms with Crippen LogP contribution in [0.4, 0.5) is 0 Å². The van der Waals surface area contributed by atoms with Crippen LogP contribution in [0.5, 0.6) is 0 Å². The van der Waals surface area contributed by atoms with Gasteiger partial charge >= 0.3 is 11.9 Å². The van der Waals surface area contributed by atoms with E-state index in [-0.39, 0.29) is 38.1 Å². The fourth-order valence-corrected chi connectivity index (χ4v) is 3.03. The van der Waals surface area contributed by atoms with Gasteiger partial charge in [0.1, 0.15) is 0 Å². The highest BCUT2D eigenvalue weighted by Gasteiger charge is 2.38. The van der Waals surface area contributed by atoms with Crippen LogP contribution < -0.4 is 5.32 Å². The zero-order valence-corrected chi connectivity index (χ0v) is 13.4. The highest BCUT2D eigenvalue weighted by Crippen LogP contribution is 2.42. The van der Waals surface area contributed by atoms with Gasteiger partial charge in [-0.15, -0.1) is 0 Å². The smallest absolute Gasteiger partial charge is 0.334 e. The topological polar surface area (TPSA) is 107 Å². The predicted molar refractivity (Wildman–Crippen MR) is 84.4 cm³/mol. The fourth-order valence-electron chi connectivity index (χ4n) is 2.61. The average Bonchev–Trinajstić information content (AvgIpc) is 2.48. The molecule has 1 heterocycles. The minimum atomic E-state index is -1.35. The van der Waals surface area contributed by atoms with Crippen LogP contribution in [0.3, 0.4) is 0 Å². The quantitative estimate of drug-likeness (QED) is 0.658. The molecule has 0 amide bonds. The molecule has 6 nitrogen and oxygen atoms in total. The molecule has 0 saturated heterocycles. The Hall–Kier alpha value is -2.02. The number of allylic oxidation sites excluding steroid dienone is 1. The summed E-state index contributed by atoms with van der Waals surface area (Å²) in [5.41, 5.74) is 0.0536. The van der Waals surface area contributed by atoms with Crippen molar-refractivity contribution in [3.63, 3.8) is 0 Å². The predicted octanol–water partition coefficient (Wildman–Crippen LogP) is 2.37. The number of dihydropyridines is 1. The second-order valence-corrected chi connectivity index (χ2v) is 5.69. The lowest BCUT2D eigenvalue weighted by molar-refractivity contribution is -0.133. The Kier molecular flexibility index (Phi) is 4.99. The molecule has 2 rings (SSSR count). The summed E-state index contributed by atoms with van der Waals surface area (Å²) < 4.78 is 0. The number of aliphatic hydroxyl groups excluding tert-OH is 1. The maximum absolute atomic E-state index is 11.7. The minimum Gasteiger partial charge on any atom is -0.478 e. The van der Waals surface area contributed by atoms with Gasteiger partial charge in [-0.3, -0.25) is 0 Å². The van der Waals surface area contributed by atoms with Gasteiger partial charge in [0.2, 0.25) is 0 Å². The molecule has 0 fully saturated rings. The average molecular weight is 358 g/mol. The number of nitrogens with one attached hydrogen (secondary N) is 1. The molecule has 0 radical (unpaired) electrons. The summed E-state index contributed by atoms with van der Waals surface area (Å²) in [4.78, 5) is 23.3. The highest BCUT2D eigenvalue weighted by atomic mass is 35.5. The lowest BCUT2D eigenvalue weighted by Gasteiger charge is -2.30. The van der Waals surface area contributed by atoms with Crippen LogP contribution in [0.15, 0.2) is 40.7 Å². The lowest BCUT2D eigenvalue weighted by Crippen LogP contribution is -2.33. The molecule has 8 heteroatoms. The first-order valence-electron chi connectivity index (χ1n) is 6.51. The summed E-state index contributed by atoms with van der Waals surface area (Å²) in [5.74, 6) is -3.79. The first-order valence-corrected chi connectivity index (χ1v) is 7.27. The minimum absolute atomic E-state index is 0.0149. The third-order valence-corrected chi connectivity index (χ3v) is 4.39. The molecular formula is C15H13Cl2NO5. The Morgan fingerprint density at radius 2 is 1.78 bits per heavy atom. The van der Waals surface area contributed by atoms with Crippen molar-refractivity contribution in [1.29, 1.82) is 0 Å². The molecule has 0 saturated carbocycles. The van der Waals surface area contributed by atoms with Gasteiger partial charge in [-0.1, -0.05) is 35.3 Å². The largest absolute Gasteiger partial charge is 0.478 e. The number of aliphatic hydroxyl groups is 1. The molecule has 1 aromatic rings. The molecule has 1 aliphatic heterocycles. The van der Waals surface area contributed by atoms with Crippen molar-refractivity contribution < 1.29 is 24.9 Å². The summed E-state index contributed by atoms with van der Waals surface area (Å²) in [6.07, 6.45) is 0. The second kappa shape index (κ2) is 6.62. The summed E-state index contributed by atoms with van der Waals surface area (Å²) in [5, 5.41) is 31.3. The number of aliphatic carboxylic acids is 2. The van der Waals surface area contributed by atoms with Crippen molar-refractivity contribution in [2.24, 2.45) is 0 Å². The second-order valence-electron chi connectivity index (χ2n) is 4.90. The molecule has 0 spiro atoms. The van der Waals surface area contributed by atoms with E-state index in [0.717, 1.165) is 0 Å². The van der Waals surface area contributed by atoms with E-state index in [2.05, 4.69) is 5.32 Å². The Morgan fingerprint density at radius 1 is 1.17 bits per heavy atom. The van der Waals surface area contributed by atoms with E-state index in [0.29, 0.717) is 0 Å². The molecule has 1 atom stereocenters. The number of carboxylic acid groups (broad SMARTS) is 2. The van der Waals surface area contributed by atoms with Crippen LogP contribution in [-0.2, 0) is 9.59 Å². The molecule has 0 aliphatic carbocycles. The SMILES string of the molecule is CC1=C(C(=O)O)C(c2cccc(Cl)c2Cl)C(C(=O)O)=C(CO)N1. The number of carboxylic acids is 2. The van der Waals surface area contributed by atoms with Gasteiger partial charge < -0.3 is 20.6 Å². The van der Waals surface area contributed by atoms with Crippen molar-refractivity contribution in [3.05, 3.63) is 56.3 Å². The van der Waals surface area contributed by atoms with Crippen molar-refractivity contribution in [2.45, 2.75) is 12.8 Å². The first kappa shape index (κ1) is 17.3. The lowest BCUT2D eigenvalue weighted by atomic mass is 9.80. The maximum Gasteiger partial charge on any atom is 0.334 e. The molecule has 1 aromatic carbocycles. The van der Waals surface area contributed by atoms with E-state index in [1.165, 1.54) is 19.1 Å². The van der Waals surface area contributed by atoms with Crippen molar-refractivity contribution in [3.8, 4) is 0 Å². The van der Waals surface area contributed by atoms with Gasteiger partial charge in [-0.2, -0.15) is 0 Å². The van der Waals surface area contributed by atoms with Crippen molar-refractivity contribution >= 4 is 35.1 Å². The molecule has 122 valence electrons. The van der Waals surface area contributed by atoms with E-state index < -0.39 is 24.5 Å². The van der Waals surface area contributed by atoms with Crippen LogP contribution in [0.25, 0.3) is 0 Å². The zero-order chi connectivity index (χ0) is 17.3. The van der Waals surface area contributed by atoms with E-state index in [9.17, 15) is 24.9 Å². The third-order valence-electron chi connectivity index (χ3n) is 3.56. The highest BCUT2D eigenvalue weighted by molar-refractivity contribution is 6.42. The van der Waals surface area contributed by atoms with E-state index >= 15 is 0 Å². The van der Waals surface area contributed by atoms with Gasteiger partial charge in [-0.05, 0) is 18.6 Å². The monoisotopic (exact) mass is 357 g/mol. The van der Waals surface area contributed by atoms with Gasteiger partial charge in [0.05, 0.1) is 39.4 Å². The molecule has 0 bridgehead atoms. The molecular weight excluding hydrogens is 345 g/mol. The third kappa shape index (κ3) is 3.06. The maximum atomic E-state index is 11.7. The van der Waals surface area contributed by atoms with Crippen molar-refractivity contribution in [1.82, 2.24) is 5.32 Å². The molecule has 0 aromatic heterocycles. The number of hydrogen-bond donors (Lipinski definition) is 4. The van der Waals surface area contributed by atoms with Gasteiger partial charge in [0, 0.05) is 5.70 Å². The van der Waals surface area contributed by atoms with Gasteiger partial charge in [0.15, 0.2) is 0 Å². The molecule has 23 heavy (non-hydrogen) atoms. The van der Waals surface area contributed by atoms with Crippen LogP contribution in [0.2, 0.25) is 10.0 Å². The summed E-state index contributed by atoms with van der Waals surface area (Å²) in [7, 11) is 0.